The van der Waals surface area contributed by atoms with E-state index >= 15 is 0 Å². The first-order chi connectivity index (χ1) is 11.8. The van der Waals surface area contributed by atoms with Crippen molar-refractivity contribution in [2.24, 2.45) is 5.41 Å². The molecule has 1 aromatic rings. The summed E-state index contributed by atoms with van der Waals surface area (Å²) in [6, 6.07) is 0. The Morgan fingerprint density at radius 3 is 2.92 bits per heavy atom. The minimum absolute atomic E-state index is 0.0101. The lowest BCUT2D eigenvalue weighted by atomic mass is 9.87. The maximum absolute atomic E-state index is 12.3. The quantitative estimate of drug-likeness (QED) is 0.553. The fourth-order valence-electron chi connectivity index (χ4n) is 2.04. The van der Waals surface area contributed by atoms with Gasteiger partial charge in [-0.15, -0.1) is 11.3 Å². The zero-order chi connectivity index (χ0) is 18.5. The SMILES string of the molecule is CO[P@@]1(=O)OCC(C)(C)[C@H](C(=O)NCCC(=O)OCc2cncs2)O1. The summed E-state index contributed by atoms with van der Waals surface area (Å²) >= 11 is 1.39. The van der Waals surface area contributed by atoms with Gasteiger partial charge in [0.2, 0.25) is 5.91 Å². The number of amides is 1. The van der Waals surface area contributed by atoms with Crippen molar-refractivity contribution in [1.82, 2.24) is 10.3 Å². The highest BCUT2D eigenvalue weighted by Crippen LogP contribution is 2.56. The molecule has 0 aliphatic carbocycles. The van der Waals surface area contributed by atoms with Gasteiger partial charge >= 0.3 is 13.8 Å². The van der Waals surface area contributed by atoms with Gasteiger partial charge in [0.05, 0.1) is 23.4 Å². The summed E-state index contributed by atoms with van der Waals surface area (Å²) in [6.07, 6.45) is 0.620. The summed E-state index contributed by atoms with van der Waals surface area (Å²) in [6.45, 7) is 3.78. The predicted octanol–water partition coefficient (Wildman–Crippen LogP) is 1.89. The third kappa shape index (κ3) is 5.58. The second-order valence-electron chi connectivity index (χ2n) is 6.05. The molecule has 140 valence electrons. The normalized spacial score (nSPS) is 25.3. The number of carbonyl (C=O) groups excluding carboxylic acids is 2. The van der Waals surface area contributed by atoms with E-state index in [0.717, 1.165) is 4.88 Å². The van der Waals surface area contributed by atoms with Crippen LogP contribution in [0.5, 0.6) is 0 Å². The number of thiazole rings is 1. The lowest BCUT2D eigenvalue weighted by Crippen LogP contribution is -2.49. The van der Waals surface area contributed by atoms with Crippen LogP contribution in [0, 0.1) is 5.41 Å². The topological polar surface area (TPSA) is 113 Å². The number of phosphoric ester groups is 1. The zero-order valence-corrected chi connectivity index (χ0v) is 15.9. The molecule has 2 rings (SSSR count). The molecule has 0 spiro atoms. The molecule has 1 aromatic heterocycles. The first kappa shape index (κ1) is 20.0. The van der Waals surface area contributed by atoms with Gasteiger partial charge in [-0.25, -0.2) is 4.57 Å². The standard InChI is InChI=1S/C14H21N2O7PS/c1-14(2)8-22-24(19,20-3)23-12(14)13(18)16-5-4-11(17)21-7-10-6-15-9-25-10/h6,9,12H,4-5,7-8H2,1-3H3,(H,16,18)/t12-,24-/m0/s1. The van der Waals surface area contributed by atoms with Gasteiger partial charge in [0, 0.05) is 25.3 Å². The Kier molecular flexibility index (Phi) is 6.70. The smallest absolute Gasteiger partial charge is 0.460 e. The molecule has 1 saturated heterocycles. The number of carbonyl (C=O) groups is 2. The van der Waals surface area contributed by atoms with Gasteiger partial charge in [-0.05, 0) is 0 Å². The van der Waals surface area contributed by atoms with E-state index in [9.17, 15) is 14.2 Å². The number of hydrogen-bond acceptors (Lipinski definition) is 9. The van der Waals surface area contributed by atoms with Crippen LogP contribution in [0.4, 0.5) is 0 Å². The molecule has 1 fully saturated rings. The van der Waals surface area contributed by atoms with Crippen molar-refractivity contribution in [2.45, 2.75) is 33.0 Å². The Bertz CT molecular complexity index is 650. The predicted molar refractivity (Wildman–Crippen MR) is 88.8 cm³/mol. The number of nitrogens with one attached hydrogen (secondary N) is 1. The molecule has 25 heavy (non-hydrogen) atoms. The summed E-state index contributed by atoms with van der Waals surface area (Å²) < 4.78 is 32.1. The van der Waals surface area contributed by atoms with Gasteiger partial charge in [0.1, 0.15) is 6.61 Å². The van der Waals surface area contributed by atoms with E-state index in [4.69, 9.17) is 18.3 Å². The number of aromatic nitrogens is 1. The van der Waals surface area contributed by atoms with Crippen LogP contribution >= 0.6 is 19.2 Å². The number of ether oxygens (including phenoxy) is 1. The van der Waals surface area contributed by atoms with E-state index in [1.807, 2.05) is 0 Å². The third-order valence-electron chi connectivity index (χ3n) is 3.49. The molecule has 2 heterocycles. The molecular formula is C14H21N2O7PS. The molecule has 9 nitrogen and oxygen atoms in total. The van der Waals surface area contributed by atoms with Crippen LogP contribution < -0.4 is 5.32 Å². The number of nitrogens with zero attached hydrogens (tertiary/aromatic N) is 1. The van der Waals surface area contributed by atoms with E-state index in [2.05, 4.69) is 10.3 Å². The zero-order valence-electron chi connectivity index (χ0n) is 14.2. The van der Waals surface area contributed by atoms with E-state index in [0.29, 0.717) is 0 Å². The van der Waals surface area contributed by atoms with Crippen LogP contribution in [0.3, 0.4) is 0 Å². The Hall–Kier alpha value is -1.32. The van der Waals surface area contributed by atoms with Gasteiger partial charge in [0.15, 0.2) is 6.10 Å². The van der Waals surface area contributed by atoms with Gasteiger partial charge in [0.25, 0.3) is 0 Å². The Morgan fingerprint density at radius 1 is 1.52 bits per heavy atom. The molecule has 0 saturated carbocycles. The average Bonchev–Trinajstić information content (AvgIpc) is 3.09. The van der Waals surface area contributed by atoms with Crippen molar-refractivity contribution in [3.63, 3.8) is 0 Å². The van der Waals surface area contributed by atoms with Crippen LogP contribution in [0.1, 0.15) is 25.1 Å². The van der Waals surface area contributed by atoms with Crippen molar-refractivity contribution in [2.75, 3.05) is 20.3 Å². The second-order valence-corrected chi connectivity index (χ2v) is 8.75. The van der Waals surface area contributed by atoms with Crippen molar-refractivity contribution in [3.05, 3.63) is 16.6 Å². The van der Waals surface area contributed by atoms with Gasteiger partial charge in [-0.2, -0.15) is 0 Å². The molecule has 0 radical (unpaired) electrons. The monoisotopic (exact) mass is 392 g/mol. The number of esters is 1. The fourth-order valence-corrected chi connectivity index (χ4v) is 3.93. The van der Waals surface area contributed by atoms with Crippen LogP contribution in [-0.2, 0) is 39.1 Å². The highest BCUT2D eigenvalue weighted by Gasteiger charge is 2.48. The van der Waals surface area contributed by atoms with E-state index in [1.54, 1.807) is 25.6 Å². The first-order valence-electron chi connectivity index (χ1n) is 7.55. The third-order valence-corrected chi connectivity index (χ3v) is 5.60. The summed E-state index contributed by atoms with van der Waals surface area (Å²) in [4.78, 5) is 28.7. The molecule has 0 aromatic carbocycles. The Labute approximate surface area is 149 Å². The van der Waals surface area contributed by atoms with Crippen molar-refractivity contribution < 1.29 is 32.5 Å². The van der Waals surface area contributed by atoms with Crippen LogP contribution in [0.15, 0.2) is 11.7 Å². The van der Waals surface area contributed by atoms with Crippen molar-refractivity contribution >= 4 is 31.0 Å². The van der Waals surface area contributed by atoms with Crippen LogP contribution in [0.25, 0.3) is 0 Å². The Balaban J connectivity index is 1.78. The minimum Gasteiger partial charge on any atom is -0.460 e. The van der Waals surface area contributed by atoms with Crippen LogP contribution in [0.2, 0.25) is 0 Å². The highest BCUT2D eigenvalue weighted by molar-refractivity contribution is 7.48. The van der Waals surface area contributed by atoms with Crippen LogP contribution in [-0.4, -0.2) is 43.2 Å². The summed E-state index contributed by atoms with van der Waals surface area (Å²) in [5.74, 6) is -0.927. The molecule has 0 bridgehead atoms. The highest BCUT2D eigenvalue weighted by atomic mass is 32.1. The summed E-state index contributed by atoms with van der Waals surface area (Å²) in [5, 5.41) is 2.59. The summed E-state index contributed by atoms with van der Waals surface area (Å²) in [5.41, 5.74) is 0.959. The minimum atomic E-state index is -3.73. The van der Waals surface area contributed by atoms with Gasteiger partial charge < -0.3 is 10.1 Å². The lowest BCUT2D eigenvalue weighted by molar-refractivity contribution is -0.145. The number of phosphoric acid groups is 1. The second kappa shape index (κ2) is 8.37. The van der Waals surface area contributed by atoms with Crippen molar-refractivity contribution in [1.29, 1.82) is 0 Å². The molecule has 1 amide bonds. The maximum atomic E-state index is 12.3. The molecule has 11 heteroatoms. The molecule has 1 aliphatic heterocycles. The average molecular weight is 392 g/mol. The van der Waals surface area contributed by atoms with Gasteiger partial charge in [-0.3, -0.25) is 28.1 Å². The Morgan fingerprint density at radius 2 is 2.28 bits per heavy atom. The first-order valence-corrected chi connectivity index (χ1v) is 9.89. The molecule has 1 aliphatic rings. The summed E-state index contributed by atoms with van der Waals surface area (Å²) in [7, 11) is -2.54. The fraction of sp³-hybridized carbons (Fsp3) is 0.643. The van der Waals surface area contributed by atoms with Gasteiger partial charge in [-0.1, -0.05) is 13.8 Å². The van der Waals surface area contributed by atoms with Crippen molar-refractivity contribution in [3.8, 4) is 0 Å². The maximum Gasteiger partial charge on any atom is 0.475 e. The number of hydrogen-bond donors (Lipinski definition) is 1. The van der Waals surface area contributed by atoms with E-state index < -0.39 is 31.2 Å². The molecule has 2 atom stereocenters. The molecular weight excluding hydrogens is 371 g/mol. The number of rotatable bonds is 7. The molecule has 0 unspecified atom stereocenters. The molecule has 1 N–H and O–H groups in total. The largest absolute Gasteiger partial charge is 0.475 e. The van der Waals surface area contributed by atoms with E-state index in [1.165, 1.54) is 18.4 Å². The van der Waals surface area contributed by atoms with E-state index in [-0.39, 0.29) is 26.2 Å². The lowest BCUT2D eigenvalue weighted by Gasteiger charge is -2.39.